The molecule has 0 radical (unpaired) electrons. The van der Waals surface area contributed by atoms with Crippen molar-refractivity contribution in [2.24, 2.45) is 0 Å². The first-order valence-corrected chi connectivity index (χ1v) is 10.9. The predicted octanol–water partition coefficient (Wildman–Crippen LogP) is 4.72. The van der Waals surface area contributed by atoms with E-state index in [0.717, 1.165) is 16.2 Å². The second kappa shape index (κ2) is 9.58. The number of amides is 1. The summed E-state index contributed by atoms with van der Waals surface area (Å²) in [6, 6.07) is 14.9. The molecule has 0 saturated carbocycles. The number of esters is 1. The Hall–Kier alpha value is -2.84. The largest absolute Gasteiger partial charge is 0.496 e. The summed E-state index contributed by atoms with van der Waals surface area (Å²) in [5, 5.41) is 5.00. The molecule has 0 aliphatic heterocycles. The summed E-state index contributed by atoms with van der Waals surface area (Å²) >= 11 is 2.85. The number of carbonyl (C=O) groups excluding carboxylic acids is 2. The quantitative estimate of drug-likeness (QED) is 0.433. The van der Waals surface area contributed by atoms with Crippen LogP contribution in [0.5, 0.6) is 5.75 Å². The van der Waals surface area contributed by atoms with E-state index in [0.29, 0.717) is 10.9 Å². The summed E-state index contributed by atoms with van der Waals surface area (Å²) in [5.41, 5.74) is 2.00. The molecule has 2 aromatic carbocycles. The number of methoxy groups -OCH3 is 1. The summed E-state index contributed by atoms with van der Waals surface area (Å²) in [4.78, 5) is 30.3. The molecule has 8 heteroatoms. The molecule has 1 unspecified atom stereocenters. The number of nitrogens with zero attached hydrogens (tertiary/aromatic N) is 1. The van der Waals surface area contributed by atoms with Gasteiger partial charge in [0.25, 0.3) is 5.91 Å². The zero-order valence-corrected chi connectivity index (χ0v) is 17.8. The van der Waals surface area contributed by atoms with Crippen molar-refractivity contribution in [1.82, 2.24) is 4.98 Å². The lowest BCUT2D eigenvalue weighted by Crippen LogP contribution is -2.30. The molecule has 0 aliphatic carbocycles. The van der Waals surface area contributed by atoms with Crippen LogP contribution in [0, 0.1) is 0 Å². The van der Waals surface area contributed by atoms with E-state index in [2.05, 4.69) is 10.3 Å². The number of hydrogen-bond donors (Lipinski definition) is 1. The molecule has 150 valence electrons. The third-order valence-electron chi connectivity index (χ3n) is 4.09. The van der Waals surface area contributed by atoms with Crippen molar-refractivity contribution >= 4 is 40.1 Å². The third kappa shape index (κ3) is 5.16. The van der Waals surface area contributed by atoms with Gasteiger partial charge in [0.05, 0.1) is 12.8 Å². The summed E-state index contributed by atoms with van der Waals surface area (Å²) < 4.78 is 10.6. The Morgan fingerprint density at radius 2 is 1.93 bits per heavy atom. The highest BCUT2D eigenvalue weighted by molar-refractivity contribution is 7.98. The van der Waals surface area contributed by atoms with Gasteiger partial charge in [0.1, 0.15) is 11.3 Å². The Morgan fingerprint density at radius 1 is 1.17 bits per heavy atom. The number of thiazole rings is 1. The first-order valence-electron chi connectivity index (χ1n) is 8.76. The van der Waals surface area contributed by atoms with E-state index in [1.165, 1.54) is 37.1 Å². The Morgan fingerprint density at radius 3 is 2.62 bits per heavy atom. The molecule has 6 nitrogen and oxygen atoms in total. The van der Waals surface area contributed by atoms with Gasteiger partial charge in [-0.25, -0.2) is 9.78 Å². The molecule has 1 amide bonds. The van der Waals surface area contributed by atoms with Gasteiger partial charge in [0, 0.05) is 15.8 Å². The second-order valence-corrected chi connectivity index (χ2v) is 7.74. The lowest BCUT2D eigenvalue weighted by Gasteiger charge is -2.14. The average molecular weight is 429 g/mol. The van der Waals surface area contributed by atoms with Crippen molar-refractivity contribution in [2.75, 3.05) is 18.7 Å². The summed E-state index contributed by atoms with van der Waals surface area (Å²) in [5.74, 6) is -0.671. The van der Waals surface area contributed by atoms with E-state index in [-0.39, 0.29) is 5.56 Å². The predicted molar refractivity (Wildman–Crippen MR) is 116 cm³/mol. The molecule has 0 aliphatic rings. The molecule has 3 rings (SSSR count). The molecular formula is C21H20N2O4S2. The lowest BCUT2D eigenvalue weighted by molar-refractivity contribution is -0.123. The fraction of sp³-hybridized carbons (Fsp3) is 0.190. The maximum absolute atomic E-state index is 12.5. The van der Waals surface area contributed by atoms with Gasteiger partial charge in [-0.1, -0.05) is 30.3 Å². The first-order chi connectivity index (χ1) is 14.0. The molecule has 0 spiro atoms. The van der Waals surface area contributed by atoms with Crippen molar-refractivity contribution in [2.45, 2.75) is 17.9 Å². The standard InChI is InChI=1S/C21H20N2O4S2/c1-13(27-20(25)16-10-9-15(28-3)11-18(16)26-2)19(24)23-21-22-17(12-29-21)14-7-5-4-6-8-14/h4-13H,1-3H3,(H,22,23,24). The maximum Gasteiger partial charge on any atom is 0.342 e. The summed E-state index contributed by atoms with van der Waals surface area (Å²) in [6.45, 7) is 1.52. The van der Waals surface area contributed by atoms with Crippen molar-refractivity contribution in [3.05, 3.63) is 59.5 Å². The number of ether oxygens (including phenoxy) is 2. The van der Waals surface area contributed by atoms with Gasteiger partial charge >= 0.3 is 5.97 Å². The van der Waals surface area contributed by atoms with Crippen molar-refractivity contribution in [3.8, 4) is 17.0 Å². The molecule has 0 fully saturated rings. The van der Waals surface area contributed by atoms with Gasteiger partial charge in [-0.05, 0) is 31.4 Å². The van der Waals surface area contributed by atoms with Gasteiger partial charge in [-0.2, -0.15) is 0 Å². The summed E-state index contributed by atoms with van der Waals surface area (Å²) in [6.07, 6.45) is 0.942. The van der Waals surface area contributed by atoms with Crippen LogP contribution in [0.4, 0.5) is 5.13 Å². The molecule has 1 heterocycles. The highest BCUT2D eigenvalue weighted by Gasteiger charge is 2.22. The first kappa shape index (κ1) is 20.9. The van der Waals surface area contributed by atoms with E-state index in [1.807, 2.05) is 42.0 Å². The highest BCUT2D eigenvalue weighted by atomic mass is 32.2. The Labute approximate surface area is 177 Å². The third-order valence-corrected chi connectivity index (χ3v) is 5.57. The average Bonchev–Trinajstić information content (AvgIpc) is 3.22. The van der Waals surface area contributed by atoms with Gasteiger partial charge in [-0.3, -0.25) is 10.1 Å². The van der Waals surface area contributed by atoms with Crippen LogP contribution in [0.1, 0.15) is 17.3 Å². The minimum atomic E-state index is -0.989. The van der Waals surface area contributed by atoms with Crippen LogP contribution in [-0.2, 0) is 9.53 Å². The topological polar surface area (TPSA) is 77.5 Å². The molecule has 1 aromatic heterocycles. The Kier molecular flexibility index (Phi) is 6.90. The van der Waals surface area contributed by atoms with E-state index in [4.69, 9.17) is 9.47 Å². The fourth-order valence-corrected chi connectivity index (χ4v) is 3.68. The second-order valence-electron chi connectivity index (χ2n) is 6.01. The number of benzene rings is 2. The minimum Gasteiger partial charge on any atom is -0.496 e. The smallest absolute Gasteiger partial charge is 0.342 e. The van der Waals surface area contributed by atoms with E-state index in [1.54, 1.807) is 18.2 Å². The van der Waals surface area contributed by atoms with Crippen LogP contribution >= 0.6 is 23.1 Å². The van der Waals surface area contributed by atoms with Crippen LogP contribution in [0.3, 0.4) is 0 Å². The Balaban J connectivity index is 1.64. The van der Waals surface area contributed by atoms with Crippen molar-refractivity contribution in [3.63, 3.8) is 0 Å². The zero-order valence-electron chi connectivity index (χ0n) is 16.2. The monoisotopic (exact) mass is 428 g/mol. The van der Waals surface area contributed by atoms with Gasteiger partial charge in [0.15, 0.2) is 11.2 Å². The van der Waals surface area contributed by atoms with E-state index in [9.17, 15) is 9.59 Å². The lowest BCUT2D eigenvalue weighted by atomic mass is 10.2. The molecule has 1 atom stereocenters. The van der Waals surface area contributed by atoms with Crippen molar-refractivity contribution < 1.29 is 19.1 Å². The molecule has 3 aromatic rings. The SMILES string of the molecule is COc1cc(SC)ccc1C(=O)OC(C)C(=O)Nc1nc(-c2ccccc2)cs1. The molecular weight excluding hydrogens is 408 g/mol. The van der Waals surface area contributed by atoms with Gasteiger partial charge < -0.3 is 9.47 Å². The van der Waals surface area contributed by atoms with E-state index >= 15 is 0 Å². The van der Waals surface area contributed by atoms with Crippen LogP contribution < -0.4 is 10.1 Å². The number of carbonyl (C=O) groups is 2. The van der Waals surface area contributed by atoms with Crippen LogP contribution in [-0.4, -0.2) is 36.3 Å². The molecule has 0 bridgehead atoms. The Bertz CT molecular complexity index is 1000. The zero-order chi connectivity index (χ0) is 20.8. The number of aromatic nitrogens is 1. The summed E-state index contributed by atoms with van der Waals surface area (Å²) in [7, 11) is 1.49. The number of thioether (sulfide) groups is 1. The molecule has 1 N–H and O–H groups in total. The highest BCUT2D eigenvalue weighted by Crippen LogP contribution is 2.27. The van der Waals surface area contributed by atoms with Crippen LogP contribution in [0.15, 0.2) is 58.8 Å². The van der Waals surface area contributed by atoms with Crippen LogP contribution in [0.25, 0.3) is 11.3 Å². The van der Waals surface area contributed by atoms with Crippen molar-refractivity contribution in [1.29, 1.82) is 0 Å². The van der Waals surface area contributed by atoms with E-state index < -0.39 is 18.0 Å². The number of hydrogen-bond acceptors (Lipinski definition) is 7. The minimum absolute atomic E-state index is 0.269. The molecule has 0 saturated heterocycles. The van der Waals surface area contributed by atoms with Crippen LogP contribution in [0.2, 0.25) is 0 Å². The van der Waals surface area contributed by atoms with Gasteiger partial charge in [0.2, 0.25) is 0 Å². The maximum atomic E-state index is 12.5. The number of rotatable bonds is 7. The normalized spacial score (nSPS) is 11.6. The number of anilines is 1. The number of nitrogens with one attached hydrogen (secondary N) is 1. The fourth-order valence-electron chi connectivity index (χ4n) is 2.52. The molecule has 29 heavy (non-hydrogen) atoms. The van der Waals surface area contributed by atoms with Gasteiger partial charge in [-0.15, -0.1) is 23.1 Å².